The van der Waals surface area contributed by atoms with E-state index < -0.39 is 0 Å². The van der Waals surface area contributed by atoms with Gasteiger partial charge < -0.3 is 10.1 Å². The summed E-state index contributed by atoms with van der Waals surface area (Å²) in [6.07, 6.45) is 2.71. The summed E-state index contributed by atoms with van der Waals surface area (Å²) in [7, 11) is 0. The number of amides is 1. The molecule has 1 amide bonds. The molecule has 0 spiro atoms. The van der Waals surface area contributed by atoms with E-state index in [0.29, 0.717) is 23.9 Å². The van der Waals surface area contributed by atoms with Gasteiger partial charge >= 0.3 is 0 Å². The Morgan fingerprint density at radius 1 is 0.880 bits per heavy atom. The number of nitrogens with one attached hydrogen (secondary N) is 1. The van der Waals surface area contributed by atoms with Gasteiger partial charge in [0.15, 0.2) is 0 Å². The van der Waals surface area contributed by atoms with Crippen LogP contribution in [0.3, 0.4) is 0 Å². The SMILES string of the molecule is CC(C)(C)CCC(C)(C)OCC(C)(C)NC(=O)CCSCC(C)(C)C. The van der Waals surface area contributed by atoms with Crippen LogP contribution in [0.5, 0.6) is 0 Å². The Morgan fingerprint density at radius 3 is 1.92 bits per heavy atom. The fourth-order valence-corrected chi connectivity index (χ4v) is 3.23. The minimum Gasteiger partial charge on any atom is -0.373 e. The van der Waals surface area contributed by atoms with Gasteiger partial charge in [0.25, 0.3) is 0 Å². The summed E-state index contributed by atoms with van der Waals surface area (Å²) in [6, 6.07) is 0. The number of rotatable bonds is 10. The molecule has 0 atom stereocenters. The summed E-state index contributed by atoms with van der Waals surface area (Å²) >= 11 is 1.85. The highest BCUT2D eigenvalue weighted by Gasteiger charge is 2.27. The van der Waals surface area contributed by atoms with Crippen LogP contribution in [0.2, 0.25) is 0 Å². The molecule has 0 saturated carbocycles. The zero-order valence-corrected chi connectivity index (χ0v) is 19.3. The molecule has 0 unspecified atom stereocenters. The summed E-state index contributed by atoms with van der Waals surface area (Å²) in [5.41, 5.74) is 0.116. The lowest BCUT2D eigenvalue weighted by Crippen LogP contribution is -2.48. The van der Waals surface area contributed by atoms with Crippen LogP contribution in [0.15, 0.2) is 0 Å². The van der Waals surface area contributed by atoms with Crippen molar-refractivity contribution in [2.45, 2.75) is 99.6 Å². The number of thioether (sulfide) groups is 1. The molecule has 0 aliphatic rings. The van der Waals surface area contributed by atoms with E-state index in [1.165, 1.54) is 0 Å². The van der Waals surface area contributed by atoms with Crippen molar-refractivity contribution in [3.05, 3.63) is 0 Å². The third-order valence-corrected chi connectivity index (χ3v) is 5.35. The zero-order valence-electron chi connectivity index (χ0n) is 18.5. The molecule has 0 aromatic heterocycles. The summed E-state index contributed by atoms with van der Waals surface area (Å²) in [4.78, 5) is 12.2. The van der Waals surface area contributed by atoms with Crippen LogP contribution in [0.25, 0.3) is 0 Å². The topological polar surface area (TPSA) is 38.3 Å². The number of hydrogen-bond donors (Lipinski definition) is 1. The Morgan fingerprint density at radius 2 is 1.44 bits per heavy atom. The van der Waals surface area contributed by atoms with Gasteiger partial charge in [-0.25, -0.2) is 0 Å². The van der Waals surface area contributed by atoms with Crippen LogP contribution >= 0.6 is 11.8 Å². The Bertz CT molecular complexity index is 403. The van der Waals surface area contributed by atoms with E-state index in [9.17, 15) is 4.79 Å². The summed E-state index contributed by atoms with van der Waals surface area (Å²) in [6.45, 7) is 22.3. The molecule has 0 heterocycles. The number of carbonyl (C=O) groups is 1. The van der Waals surface area contributed by atoms with Crippen molar-refractivity contribution in [2.75, 3.05) is 18.1 Å². The average Bonchev–Trinajstić information content (AvgIpc) is 2.38. The van der Waals surface area contributed by atoms with E-state index in [0.717, 1.165) is 24.3 Å². The molecule has 0 aromatic carbocycles. The molecule has 0 saturated heterocycles. The van der Waals surface area contributed by atoms with Gasteiger partial charge in [-0.1, -0.05) is 41.5 Å². The third-order valence-electron chi connectivity index (χ3n) is 3.79. The van der Waals surface area contributed by atoms with E-state index in [2.05, 4.69) is 60.7 Å². The summed E-state index contributed by atoms with van der Waals surface area (Å²) < 4.78 is 6.14. The van der Waals surface area contributed by atoms with Gasteiger partial charge in [0.2, 0.25) is 5.91 Å². The molecule has 0 aliphatic carbocycles. The number of ether oxygens (including phenoxy) is 1. The lowest BCUT2D eigenvalue weighted by Gasteiger charge is -2.34. The largest absolute Gasteiger partial charge is 0.373 e. The molecule has 0 bridgehead atoms. The van der Waals surface area contributed by atoms with Crippen molar-refractivity contribution in [2.24, 2.45) is 10.8 Å². The molecule has 0 radical (unpaired) electrons. The minimum absolute atomic E-state index is 0.113. The zero-order chi connectivity index (χ0) is 19.9. The Labute approximate surface area is 161 Å². The first-order valence-corrected chi connectivity index (χ1v) is 10.7. The third kappa shape index (κ3) is 15.7. The molecule has 0 aromatic rings. The minimum atomic E-state index is -0.342. The molecular weight excluding hydrogens is 330 g/mol. The van der Waals surface area contributed by atoms with E-state index in [4.69, 9.17) is 4.74 Å². The summed E-state index contributed by atoms with van der Waals surface area (Å²) in [5, 5.41) is 3.12. The molecule has 1 N–H and O–H groups in total. The van der Waals surface area contributed by atoms with Gasteiger partial charge in [-0.05, 0) is 57.1 Å². The Hall–Kier alpha value is -0.220. The fraction of sp³-hybridized carbons (Fsp3) is 0.952. The quantitative estimate of drug-likeness (QED) is 0.501. The second kappa shape index (κ2) is 9.64. The van der Waals surface area contributed by atoms with Gasteiger partial charge in [0, 0.05) is 12.2 Å². The first kappa shape index (κ1) is 24.8. The van der Waals surface area contributed by atoms with Crippen molar-refractivity contribution in [1.29, 1.82) is 0 Å². The maximum Gasteiger partial charge on any atom is 0.221 e. The van der Waals surface area contributed by atoms with Crippen LogP contribution in [0.1, 0.15) is 88.5 Å². The lowest BCUT2D eigenvalue weighted by atomic mass is 9.86. The first-order valence-electron chi connectivity index (χ1n) is 9.54. The van der Waals surface area contributed by atoms with Crippen LogP contribution in [-0.4, -0.2) is 35.2 Å². The van der Waals surface area contributed by atoms with Crippen molar-refractivity contribution in [3.63, 3.8) is 0 Å². The predicted octanol–water partition coefficient (Wildman–Crippen LogP) is 5.67. The molecule has 150 valence electrons. The molecule has 4 heteroatoms. The molecular formula is C21H43NO2S. The van der Waals surface area contributed by atoms with Crippen LogP contribution in [0.4, 0.5) is 0 Å². The van der Waals surface area contributed by atoms with E-state index in [-0.39, 0.29) is 17.0 Å². The van der Waals surface area contributed by atoms with E-state index in [1.54, 1.807) is 0 Å². The fourth-order valence-electron chi connectivity index (χ4n) is 2.14. The second-order valence-electron chi connectivity index (χ2n) is 10.9. The normalized spacial score (nSPS) is 13.8. The predicted molar refractivity (Wildman–Crippen MR) is 112 cm³/mol. The first-order chi connectivity index (χ1) is 11.0. The highest BCUT2D eigenvalue weighted by Crippen LogP contribution is 2.28. The van der Waals surface area contributed by atoms with E-state index >= 15 is 0 Å². The number of hydrogen-bond acceptors (Lipinski definition) is 3. The molecule has 3 nitrogen and oxygen atoms in total. The number of carbonyl (C=O) groups excluding carboxylic acids is 1. The molecule has 25 heavy (non-hydrogen) atoms. The Balaban J connectivity index is 4.19. The van der Waals surface area contributed by atoms with Gasteiger partial charge in [0.1, 0.15) is 0 Å². The standard InChI is InChI=1S/C21H43NO2S/c1-18(2,3)12-13-21(9,10)24-15-20(7,8)22-17(23)11-14-25-16-19(4,5)6/h11-16H2,1-10H3,(H,22,23). The van der Waals surface area contributed by atoms with Gasteiger partial charge in [-0.3, -0.25) is 4.79 Å². The van der Waals surface area contributed by atoms with Crippen LogP contribution in [0, 0.1) is 10.8 Å². The van der Waals surface area contributed by atoms with Gasteiger partial charge in [-0.2, -0.15) is 11.8 Å². The maximum absolute atomic E-state index is 12.2. The summed E-state index contributed by atoms with van der Waals surface area (Å²) in [5.74, 6) is 2.06. The average molecular weight is 374 g/mol. The van der Waals surface area contributed by atoms with E-state index in [1.807, 2.05) is 25.6 Å². The second-order valence-corrected chi connectivity index (χ2v) is 12.0. The van der Waals surface area contributed by atoms with Crippen molar-refractivity contribution >= 4 is 17.7 Å². The maximum atomic E-state index is 12.2. The smallest absolute Gasteiger partial charge is 0.221 e. The van der Waals surface area contributed by atoms with Gasteiger partial charge in [0.05, 0.1) is 17.7 Å². The molecule has 0 fully saturated rings. The highest BCUT2D eigenvalue weighted by atomic mass is 32.2. The van der Waals surface area contributed by atoms with Crippen molar-refractivity contribution in [1.82, 2.24) is 5.32 Å². The monoisotopic (exact) mass is 373 g/mol. The van der Waals surface area contributed by atoms with Crippen LogP contribution < -0.4 is 5.32 Å². The van der Waals surface area contributed by atoms with Crippen molar-refractivity contribution in [3.8, 4) is 0 Å². The highest BCUT2D eigenvalue weighted by molar-refractivity contribution is 7.99. The molecule has 0 rings (SSSR count). The van der Waals surface area contributed by atoms with Crippen LogP contribution in [-0.2, 0) is 9.53 Å². The Kier molecular flexibility index (Phi) is 9.55. The van der Waals surface area contributed by atoms with Crippen molar-refractivity contribution < 1.29 is 9.53 Å². The molecule has 0 aliphatic heterocycles. The lowest BCUT2D eigenvalue weighted by molar-refractivity contribution is -0.124. The van der Waals surface area contributed by atoms with Gasteiger partial charge in [-0.15, -0.1) is 0 Å².